The Balaban J connectivity index is 0.000000187. The fourth-order valence-corrected chi connectivity index (χ4v) is 1.95. The summed E-state index contributed by atoms with van der Waals surface area (Å²) < 4.78 is 0. The molecule has 0 aliphatic carbocycles. The van der Waals surface area contributed by atoms with Gasteiger partial charge in [0.1, 0.15) is 0 Å². The first-order valence-corrected chi connectivity index (χ1v) is 7.96. The van der Waals surface area contributed by atoms with Crippen LogP contribution in [0.1, 0.15) is 23.0 Å². The van der Waals surface area contributed by atoms with Crippen LogP contribution in [-0.4, -0.2) is 19.9 Å². The van der Waals surface area contributed by atoms with Crippen molar-refractivity contribution < 1.29 is 19.5 Å². The van der Waals surface area contributed by atoms with Gasteiger partial charge in [0.25, 0.3) is 0 Å². The van der Waals surface area contributed by atoms with Crippen LogP contribution < -0.4 is 9.97 Å². The Morgan fingerprint density at radius 1 is 0.556 bits per heavy atom. The van der Waals surface area contributed by atoms with Gasteiger partial charge in [0.15, 0.2) is 0 Å². The van der Waals surface area contributed by atoms with Crippen molar-refractivity contribution in [3.05, 3.63) is 96.6 Å². The second-order valence-corrected chi connectivity index (χ2v) is 5.00. The summed E-state index contributed by atoms with van der Waals surface area (Å²) in [6.07, 6.45) is 17.6. The van der Waals surface area contributed by atoms with Gasteiger partial charge < -0.3 is 19.9 Å². The van der Waals surface area contributed by atoms with Crippen molar-refractivity contribution in [2.24, 2.45) is 0 Å². The van der Waals surface area contributed by atoms with E-state index in [-0.39, 0.29) is 19.5 Å². The van der Waals surface area contributed by atoms with E-state index in [1.807, 2.05) is 60.7 Å². The van der Waals surface area contributed by atoms with Gasteiger partial charge in [0, 0.05) is 12.4 Å². The SMILES string of the molecule is C(=C/c1ncc[n-]1)/c1ccccn1.C(=C/c1ncc[n-]1)/c1ccccn1.[Zn+2]. The molecule has 0 aliphatic heterocycles. The van der Waals surface area contributed by atoms with Crippen LogP contribution in [0.15, 0.2) is 73.6 Å². The summed E-state index contributed by atoms with van der Waals surface area (Å²) in [5.41, 5.74) is 1.82. The van der Waals surface area contributed by atoms with E-state index in [4.69, 9.17) is 0 Å². The standard InChI is InChI=1S/2C10H8N3.Zn/c2*1-2-6-11-9(3-1)4-5-10-12-7-8-13-10;/h2*1-8H;/q2*-1;+2/b2*5-4-;. The first-order valence-electron chi connectivity index (χ1n) is 7.96. The van der Waals surface area contributed by atoms with Crippen LogP contribution in [0.5, 0.6) is 0 Å². The molecule has 128 valence electrons. The number of hydrogen-bond acceptors (Lipinski definition) is 4. The van der Waals surface area contributed by atoms with Gasteiger partial charge in [-0.15, -0.1) is 0 Å². The van der Waals surface area contributed by atoms with Crippen LogP contribution in [-0.2, 0) is 19.5 Å². The minimum absolute atomic E-state index is 0. The van der Waals surface area contributed by atoms with Crippen molar-refractivity contribution in [2.75, 3.05) is 0 Å². The Morgan fingerprint density at radius 2 is 1.04 bits per heavy atom. The van der Waals surface area contributed by atoms with Gasteiger partial charge in [-0.2, -0.15) is 0 Å². The summed E-state index contributed by atoms with van der Waals surface area (Å²) in [7, 11) is 0. The first kappa shape index (κ1) is 20.1. The summed E-state index contributed by atoms with van der Waals surface area (Å²) in [4.78, 5) is 24.3. The molecule has 27 heavy (non-hydrogen) atoms. The Labute approximate surface area is 170 Å². The number of pyridine rings is 2. The molecule has 0 aliphatic rings. The van der Waals surface area contributed by atoms with Crippen molar-refractivity contribution in [1.29, 1.82) is 0 Å². The van der Waals surface area contributed by atoms with Crippen LogP contribution in [0.4, 0.5) is 0 Å². The zero-order valence-corrected chi connectivity index (χ0v) is 17.6. The average Bonchev–Trinajstić information content (AvgIpc) is 3.41. The van der Waals surface area contributed by atoms with E-state index in [0.29, 0.717) is 11.6 Å². The Hall–Kier alpha value is -3.18. The van der Waals surface area contributed by atoms with Crippen molar-refractivity contribution in [3.8, 4) is 0 Å². The molecule has 0 saturated heterocycles. The molecule has 0 bridgehead atoms. The predicted molar refractivity (Wildman–Crippen MR) is 101 cm³/mol. The largest absolute Gasteiger partial charge is 2.00 e. The zero-order chi connectivity index (χ0) is 17.9. The maximum Gasteiger partial charge on any atom is 2.00 e. The van der Waals surface area contributed by atoms with Crippen LogP contribution in [0.2, 0.25) is 0 Å². The molecular formula is C20H16N6Zn. The van der Waals surface area contributed by atoms with Gasteiger partial charge in [0.05, 0.1) is 11.4 Å². The summed E-state index contributed by atoms with van der Waals surface area (Å²) >= 11 is 0. The molecule has 4 aromatic rings. The average molecular weight is 406 g/mol. The Bertz CT molecular complexity index is 838. The molecule has 7 heteroatoms. The summed E-state index contributed by atoms with van der Waals surface area (Å²) in [5.74, 6) is 1.43. The van der Waals surface area contributed by atoms with Crippen LogP contribution >= 0.6 is 0 Å². The van der Waals surface area contributed by atoms with E-state index in [2.05, 4.69) is 29.9 Å². The van der Waals surface area contributed by atoms with Gasteiger partial charge >= 0.3 is 19.5 Å². The Morgan fingerprint density at radius 3 is 1.37 bits per heavy atom. The number of rotatable bonds is 4. The summed E-state index contributed by atoms with van der Waals surface area (Å²) in [6, 6.07) is 11.5. The Kier molecular flexibility index (Phi) is 8.53. The molecule has 0 amide bonds. The second kappa shape index (κ2) is 11.4. The molecule has 0 N–H and O–H groups in total. The molecule has 0 aromatic carbocycles. The predicted octanol–water partition coefficient (Wildman–Crippen LogP) is 3.21. The van der Waals surface area contributed by atoms with Gasteiger partial charge in [-0.1, -0.05) is 60.7 Å². The van der Waals surface area contributed by atoms with Crippen molar-refractivity contribution >= 4 is 24.3 Å². The molecule has 0 saturated carbocycles. The summed E-state index contributed by atoms with van der Waals surface area (Å²) in [6.45, 7) is 0. The van der Waals surface area contributed by atoms with E-state index >= 15 is 0 Å². The fraction of sp³-hybridized carbons (Fsp3) is 0. The van der Waals surface area contributed by atoms with Crippen LogP contribution in [0.3, 0.4) is 0 Å². The molecule has 6 nitrogen and oxygen atoms in total. The minimum atomic E-state index is 0. The van der Waals surface area contributed by atoms with E-state index in [1.54, 1.807) is 37.2 Å². The van der Waals surface area contributed by atoms with E-state index < -0.39 is 0 Å². The first-order chi connectivity index (χ1) is 12.9. The third-order valence-corrected chi connectivity index (χ3v) is 3.14. The summed E-state index contributed by atoms with van der Waals surface area (Å²) in [5, 5.41) is 0. The smallest absolute Gasteiger partial charge is 0.443 e. The molecule has 0 fully saturated rings. The molecule has 0 radical (unpaired) electrons. The second-order valence-electron chi connectivity index (χ2n) is 5.00. The zero-order valence-electron chi connectivity index (χ0n) is 14.6. The number of aromatic nitrogens is 6. The van der Waals surface area contributed by atoms with Gasteiger partial charge in [-0.3, -0.25) is 9.97 Å². The quantitative estimate of drug-likeness (QED) is 0.485. The van der Waals surface area contributed by atoms with E-state index in [1.165, 1.54) is 0 Å². The van der Waals surface area contributed by atoms with Crippen LogP contribution in [0, 0.1) is 0 Å². The van der Waals surface area contributed by atoms with E-state index in [9.17, 15) is 0 Å². The van der Waals surface area contributed by atoms with E-state index in [0.717, 1.165) is 11.4 Å². The molecule has 4 heterocycles. The van der Waals surface area contributed by atoms with Gasteiger partial charge in [-0.05, 0) is 36.4 Å². The third kappa shape index (κ3) is 7.30. The molecule has 4 rings (SSSR count). The van der Waals surface area contributed by atoms with Gasteiger partial charge in [0.2, 0.25) is 0 Å². The minimum Gasteiger partial charge on any atom is -0.443 e. The fourth-order valence-electron chi connectivity index (χ4n) is 1.95. The maximum absolute atomic E-state index is 4.14. The van der Waals surface area contributed by atoms with Gasteiger partial charge in [-0.25, -0.2) is 0 Å². The van der Waals surface area contributed by atoms with Crippen molar-refractivity contribution in [1.82, 2.24) is 29.9 Å². The topological polar surface area (TPSA) is 79.8 Å². The number of hydrogen-bond donors (Lipinski definition) is 0. The van der Waals surface area contributed by atoms with Crippen LogP contribution in [0.25, 0.3) is 24.3 Å². The molecule has 0 unspecified atom stereocenters. The molecule has 0 atom stereocenters. The molecular weight excluding hydrogens is 390 g/mol. The van der Waals surface area contributed by atoms with Crippen molar-refractivity contribution in [3.63, 3.8) is 0 Å². The normalized spacial score (nSPS) is 10.4. The number of imidazole rings is 2. The molecule has 0 spiro atoms. The monoisotopic (exact) mass is 404 g/mol. The molecule has 4 aromatic heterocycles. The van der Waals surface area contributed by atoms with Crippen molar-refractivity contribution in [2.45, 2.75) is 0 Å². The maximum atomic E-state index is 4.14. The third-order valence-electron chi connectivity index (χ3n) is 3.14. The number of nitrogens with zero attached hydrogens (tertiary/aromatic N) is 6.